The van der Waals surface area contributed by atoms with Gasteiger partial charge in [0.1, 0.15) is 6.04 Å². The number of likely N-dealkylation sites (N-methyl/N-ethyl adjacent to an activating group) is 1. The molecular formula is C15H29NO3. The van der Waals surface area contributed by atoms with Crippen LogP contribution in [0.15, 0.2) is 0 Å². The lowest BCUT2D eigenvalue weighted by molar-refractivity contribution is -0.143. The second kappa shape index (κ2) is 7.85. The fraction of sp³-hybridized carbons (Fsp3) is 0.933. The van der Waals surface area contributed by atoms with Crippen LogP contribution in [0.1, 0.15) is 52.9 Å². The molecule has 0 aromatic carbocycles. The molecule has 0 bridgehead atoms. The summed E-state index contributed by atoms with van der Waals surface area (Å²) < 4.78 is 10.7. The van der Waals surface area contributed by atoms with Crippen molar-refractivity contribution in [3.63, 3.8) is 0 Å². The Morgan fingerprint density at radius 2 is 2.00 bits per heavy atom. The second-order valence-corrected chi connectivity index (χ2v) is 6.16. The third kappa shape index (κ3) is 5.91. The van der Waals surface area contributed by atoms with Crippen LogP contribution < -0.4 is 5.32 Å². The van der Waals surface area contributed by atoms with Crippen LogP contribution in [0.5, 0.6) is 0 Å². The van der Waals surface area contributed by atoms with E-state index < -0.39 is 0 Å². The molecular weight excluding hydrogens is 242 g/mol. The van der Waals surface area contributed by atoms with Crippen LogP contribution >= 0.6 is 0 Å². The average Bonchev–Trinajstić information content (AvgIpc) is 2.38. The second-order valence-electron chi connectivity index (χ2n) is 6.16. The van der Waals surface area contributed by atoms with Crippen molar-refractivity contribution in [2.24, 2.45) is 5.41 Å². The predicted molar refractivity (Wildman–Crippen MR) is 76.1 cm³/mol. The van der Waals surface area contributed by atoms with E-state index in [2.05, 4.69) is 19.2 Å². The van der Waals surface area contributed by atoms with E-state index >= 15 is 0 Å². The zero-order valence-corrected chi connectivity index (χ0v) is 12.8. The van der Waals surface area contributed by atoms with Crippen LogP contribution in [0, 0.1) is 5.41 Å². The molecule has 4 heteroatoms. The molecule has 0 spiro atoms. The van der Waals surface area contributed by atoms with Crippen molar-refractivity contribution in [2.45, 2.75) is 65.0 Å². The molecule has 19 heavy (non-hydrogen) atoms. The molecule has 0 aliphatic heterocycles. The van der Waals surface area contributed by atoms with Gasteiger partial charge in [0.25, 0.3) is 0 Å². The van der Waals surface area contributed by atoms with Gasteiger partial charge in [-0.3, -0.25) is 4.79 Å². The number of nitrogens with one attached hydrogen (secondary N) is 1. The van der Waals surface area contributed by atoms with Crippen molar-refractivity contribution < 1.29 is 14.3 Å². The first-order valence-electron chi connectivity index (χ1n) is 7.41. The van der Waals surface area contributed by atoms with E-state index in [4.69, 9.17) is 9.47 Å². The molecule has 4 nitrogen and oxygen atoms in total. The maximum Gasteiger partial charge on any atom is 0.322 e. The van der Waals surface area contributed by atoms with Crippen molar-refractivity contribution in [3.8, 4) is 0 Å². The SMILES string of the molecule is CCNC(CCOC1CCC(C)(C)CC1)C(=O)OC. The number of carbonyl (C=O) groups is 1. The standard InChI is InChI=1S/C15H29NO3/c1-5-16-13(14(17)18-4)8-11-19-12-6-9-15(2,3)10-7-12/h12-13,16H,5-11H2,1-4H3. The number of carbonyl (C=O) groups excluding carboxylic acids is 1. The fourth-order valence-electron chi connectivity index (χ4n) is 2.58. The lowest BCUT2D eigenvalue weighted by Crippen LogP contribution is -2.39. The number of hydrogen-bond donors (Lipinski definition) is 1. The van der Waals surface area contributed by atoms with Gasteiger partial charge >= 0.3 is 5.97 Å². The van der Waals surface area contributed by atoms with Gasteiger partial charge in [0.2, 0.25) is 0 Å². The summed E-state index contributed by atoms with van der Waals surface area (Å²) in [6, 6.07) is -0.241. The molecule has 0 radical (unpaired) electrons. The first-order valence-corrected chi connectivity index (χ1v) is 7.41. The molecule has 1 N–H and O–H groups in total. The van der Waals surface area contributed by atoms with Crippen LogP contribution in [0.25, 0.3) is 0 Å². The fourth-order valence-corrected chi connectivity index (χ4v) is 2.58. The highest BCUT2D eigenvalue weighted by Crippen LogP contribution is 2.36. The molecule has 0 saturated heterocycles. The summed E-state index contributed by atoms with van der Waals surface area (Å²) in [7, 11) is 1.43. The molecule has 0 amide bonds. The number of ether oxygens (including phenoxy) is 2. The predicted octanol–water partition coefficient (Wildman–Crippen LogP) is 2.51. The van der Waals surface area contributed by atoms with E-state index in [1.54, 1.807) is 0 Å². The van der Waals surface area contributed by atoms with Crippen LogP contribution in [0.2, 0.25) is 0 Å². The van der Waals surface area contributed by atoms with Gasteiger partial charge in [0.05, 0.1) is 13.2 Å². The molecule has 1 unspecified atom stereocenters. The summed E-state index contributed by atoms with van der Waals surface area (Å²) in [6.45, 7) is 8.01. The Labute approximate surface area is 117 Å². The minimum absolute atomic E-state index is 0.199. The quantitative estimate of drug-likeness (QED) is 0.723. The summed E-state index contributed by atoms with van der Waals surface area (Å²) >= 11 is 0. The largest absolute Gasteiger partial charge is 0.468 e. The number of rotatable bonds is 7. The summed E-state index contributed by atoms with van der Waals surface area (Å²) in [5.41, 5.74) is 0.470. The number of hydrogen-bond acceptors (Lipinski definition) is 4. The van der Waals surface area contributed by atoms with E-state index in [9.17, 15) is 4.79 Å². The Morgan fingerprint density at radius 1 is 1.37 bits per heavy atom. The normalized spacial score (nSPS) is 21.1. The van der Waals surface area contributed by atoms with Crippen molar-refractivity contribution in [1.82, 2.24) is 5.32 Å². The Bertz CT molecular complexity index is 269. The zero-order valence-electron chi connectivity index (χ0n) is 12.8. The van der Waals surface area contributed by atoms with Crippen LogP contribution in [-0.4, -0.2) is 38.4 Å². The maximum atomic E-state index is 11.5. The monoisotopic (exact) mass is 271 g/mol. The van der Waals surface area contributed by atoms with Crippen LogP contribution in [0.3, 0.4) is 0 Å². The van der Waals surface area contributed by atoms with E-state index in [1.165, 1.54) is 20.0 Å². The zero-order chi connectivity index (χ0) is 14.3. The van der Waals surface area contributed by atoms with Gasteiger partial charge in [-0.05, 0) is 44.1 Å². The third-order valence-electron chi connectivity index (χ3n) is 3.98. The minimum atomic E-state index is -0.241. The molecule has 1 rings (SSSR count). The Hall–Kier alpha value is -0.610. The van der Waals surface area contributed by atoms with E-state index in [-0.39, 0.29) is 12.0 Å². The highest BCUT2D eigenvalue weighted by atomic mass is 16.5. The third-order valence-corrected chi connectivity index (χ3v) is 3.98. The van der Waals surface area contributed by atoms with Crippen molar-refractivity contribution in [3.05, 3.63) is 0 Å². The minimum Gasteiger partial charge on any atom is -0.468 e. The van der Waals surface area contributed by atoms with E-state index in [1.807, 2.05) is 6.92 Å². The lowest BCUT2D eigenvalue weighted by atomic mass is 9.76. The summed E-state index contributed by atoms with van der Waals surface area (Å²) in [4.78, 5) is 11.5. The van der Waals surface area contributed by atoms with Crippen LogP contribution in [0.4, 0.5) is 0 Å². The Kier molecular flexibility index (Phi) is 6.80. The molecule has 0 aromatic heterocycles. The summed E-state index contributed by atoms with van der Waals surface area (Å²) in [5.74, 6) is -0.199. The van der Waals surface area contributed by atoms with Crippen LogP contribution in [-0.2, 0) is 14.3 Å². The van der Waals surface area contributed by atoms with Gasteiger partial charge in [-0.2, -0.15) is 0 Å². The highest BCUT2D eigenvalue weighted by molar-refractivity contribution is 5.75. The highest BCUT2D eigenvalue weighted by Gasteiger charge is 2.27. The molecule has 1 aliphatic rings. The van der Waals surface area contributed by atoms with Crippen molar-refractivity contribution in [1.29, 1.82) is 0 Å². The first-order chi connectivity index (χ1) is 8.98. The Morgan fingerprint density at radius 3 is 2.53 bits per heavy atom. The molecule has 1 aliphatic carbocycles. The van der Waals surface area contributed by atoms with Gasteiger partial charge in [-0.25, -0.2) is 0 Å². The van der Waals surface area contributed by atoms with Gasteiger partial charge in [-0.15, -0.1) is 0 Å². The molecule has 112 valence electrons. The summed E-state index contributed by atoms with van der Waals surface area (Å²) in [6.07, 6.45) is 5.78. The smallest absolute Gasteiger partial charge is 0.322 e. The molecule has 1 fully saturated rings. The molecule has 1 atom stereocenters. The van der Waals surface area contributed by atoms with Gasteiger partial charge < -0.3 is 14.8 Å². The maximum absolute atomic E-state index is 11.5. The van der Waals surface area contributed by atoms with Gasteiger partial charge in [-0.1, -0.05) is 20.8 Å². The average molecular weight is 271 g/mol. The first kappa shape index (κ1) is 16.4. The van der Waals surface area contributed by atoms with Crippen molar-refractivity contribution in [2.75, 3.05) is 20.3 Å². The summed E-state index contributed by atoms with van der Waals surface area (Å²) in [5, 5.41) is 3.13. The van der Waals surface area contributed by atoms with Crippen molar-refractivity contribution >= 4 is 5.97 Å². The molecule has 0 heterocycles. The Balaban J connectivity index is 2.23. The number of esters is 1. The van der Waals surface area contributed by atoms with E-state index in [0.717, 1.165) is 19.4 Å². The topological polar surface area (TPSA) is 47.6 Å². The number of methoxy groups -OCH3 is 1. The van der Waals surface area contributed by atoms with Gasteiger partial charge in [0, 0.05) is 6.61 Å². The molecule has 0 aromatic rings. The van der Waals surface area contributed by atoms with Gasteiger partial charge in [0.15, 0.2) is 0 Å². The van der Waals surface area contributed by atoms with E-state index in [0.29, 0.717) is 24.5 Å². The lowest BCUT2D eigenvalue weighted by Gasteiger charge is -2.34. The molecule has 1 saturated carbocycles.